The summed E-state index contributed by atoms with van der Waals surface area (Å²) in [6.45, 7) is 3.85. The van der Waals surface area contributed by atoms with Crippen molar-refractivity contribution in [1.82, 2.24) is 19.4 Å². The highest BCUT2D eigenvalue weighted by Crippen LogP contribution is 2.33. The van der Waals surface area contributed by atoms with Crippen molar-refractivity contribution < 1.29 is 4.79 Å². The predicted molar refractivity (Wildman–Crippen MR) is 92.4 cm³/mol. The Morgan fingerprint density at radius 2 is 1.83 bits per heavy atom. The van der Waals surface area contributed by atoms with E-state index in [1.54, 1.807) is 0 Å². The minimum absolute atomic E-state index is 0.309. The minimum Gasteiger partial charge on any atom is -0.342 e. The Labute approximate surface area is 142 Å². The molecule has 126 valence electrons. The Balaban J connectivity index is 1.50. The van der Waals surface area contributed by atoms with Crippen LogP contribution >= 0.6 is 0 Å². The molecule has 2 aromatic rings. The van der Waals surface area contributed by atoms with Crippen LogP contribution in [0.3, 0.4) is 0 Å². The number of hydrogen-bond acceptors (Lipinski definition) is 3. The van der Waals surface area contributed by atoms with Crippen LogP contribution in [0.25, 0.3) is 11.4 Å². The number of carbonyl (C=O) groups is 1. The Morgan fingerprint density at radius 1 is 1.12 bits per heavy atom. The second-order valence-corrected chi connectivity index (χ2v) is 7.01. The number of carbonyl (C=O) groups excluding carboxylic acids is 1. The van der Waals surface area contributed by atoms with E-state index >= 15 is 0 Å². The highest BCUT2D eigenvalue weighted by Gasteiger charge is 2.32. The van der Waals surface area contributed by atoms with Gasteiger partial charge in [-0.3, -0.25) is 9.78 Å². The molecule has 2 fully saturated rings. The van der Waals surface area contributed by atoms with Crippen molar-refractivity contribution in [2.75, 3.05) is 13.1 Å². The lowest BCUT2D eigenvalue weighted by atomic mass is 9.84. The molecular formula is C19H24N4O. The molecule has 0 unspecified atom stereocenters. The largest absolute Gasteiger partial charge is 0.342 e. The molecule has 0 bridgehead atoms. The van der Waals surface area contributed by atoms with Crippen molar-refractivity contribution in [3.05, 3.63) is 36.4 Å². The summed E-state index contributed by atoms with van der Waals surface area (Å²) in [7, 11) is 0. The Morgan fingerprint density at radius 3 is 2.46 bits per heavy atom. The van der Waals surface area contributed by atoms with Gasteiger partial charge in [0.2, 0.25) is 5.91 Å². The third-order valence-electron chi connectivity index (χ3n) is 5.52. The van der Waals surface area contributed by atoms with Crippen molar-refractivity contribution in [2.24, 2.45) is 5.92 Å². The van der Waals surface area contributed by atoms with Crippen molar-refractivity contribution in [2.45, 2.75) is 45.1 Å². The van der Waals surface area contributed by atoms with Gasteiger partial charge in [0, 0.05) is 54.9 Å². The number of aromatic nitrogens is 3. The van der Waals surface area contributed by atoms with E-state index in [9.17, 15) is 4.79 Å². The van der Waals surface area contributed by atoms with E-state index in [0.29, 0.717) is 17.9 Å². The zero-order valence-corrected chi connectivity index (χ0v) is 14.2. The number of hydrogen-bond donors (Lipinski definition) is 0. The van der Waals surface area contributed by atoms with Gasteiger partial charge >= 0.3 is 0 Å². The van der Waals surface area contributed by atoms with Gasteiger partial charge in [0.05, 0.1) is 0 Å². The number of piperidine rings is 1. The SMILES string of the molecule is Cc1cnc(-c2ccncc2)n1C1CCN(C(=O)C2CCC2)CC1. The van der Waals surface area contributed by atoms with Crippen LogP contribution in [0, 0.1) is 12.8 Å². The summed E-state index contributed by atoms with van der Waals surface area (Å²) in [4.78, 5) is 23.2. The predicted octanol–water partition coefficient (Wildman–Crippen LogP) is 3.22. The average Bonchev–Trinajstić information content (AvgIpc) is 2.96. The molecule has 2 aliphatic rings. The molecule has 1 saturated heterocycles. The summed E-state index contributed by atoms with van der Waals surface area (Å²) < 4.78 is 2.35. The monoisotopic (exact) mass is 324 g/mol. The third-order valence-corrected chi connectivity index (χ3v) is 5.52. The normalized spacial score (nSPS) is 19.3. The van der Waals surface area contributed by atoms with Crippen LogP contribution in [0.2, 0.25) is 0 Å². The van der Waals surface area contributed by atoms with E-state index in [4.69, 9.17) is 0 Å². The van der Waals surface area contributed by atoms with E-state index in [0.717, 1.165) is 50.2 Å². The van der Waals surface area contributed by atoms with Crippen LogP contribution in [0.1, 0.15) is 43.8 Å². The first-order chi connectivity index (χ1) is 11.7. The summed E-state index contributed by atoms with van der Waals surface area (Å²) in [5.74, 6) is 1.71. The van der Waals surface area contributed by atoms with Crippen LogP contribution in [-0.4, -0.2) is 38.4 Å². The lowest BCUT2D eigenvalue weighted by Crippen LogP contribution is -2.43. The number of amides is 1. The Bertz CT molecular complexity index is 712. The lowest BCUT2D eigenvalue weighted by Gasteiger charge is -2.37. The van der Waals surface area contributed by atoms with Gasteiger partial charge in [-0.2, -0.15) is 0 Å². The highest BCUT2D eigenvalue weighted by atomic mass is 16.2. The van der Waals surface area contributed by atoms with Crippen LogP contribution in [-0.2, 0) is 4.79 Å². The molecule has 3 heterocycles. The van der Waals surface area contributed by atoms with Gasteiger partial charge in [-0.25, -0.2) is 4.98 Å². The molecule has 4 rings (SSSR count). The van der Waals surface area contributed by atoms with Gasteiger partial charge in [-0.15, -0.1) is 0 Å². The summed E-state index contributed by atoms with van der Waals surface area (Å²) in [5, 5.41) is 0. The molecule has 1 aliphatic heterocycles. The minimum atomic E-state index is 0.309. The van der Waals surface area contributed by atoms with E-state index in [-0.39, 0.29) is 0 Å². The number of likely N-dealkylation sites (tertiary alicyclic amines) is 1. The van der Waals surface area contributed by atoms with Crippen molar-refractivity contribution in [3.63, 3.8) is 0 Å². The highest BCUT2D eigenvalue weighted by molar-refractivity contribution is 5.79. The molecule has 5 heteroatoms. The molecule has 1 amide bonds. The maximum absolute atomic E-state index is 12.4. The quantitative estimate of drug-likeness (QED) is 0.871. The topological polar surface area (TPSA) is 51.0 Å². The van der Waals surface area contributed by atoms with Gasteiger partial charge in [0.25, 0.3) is 0 Å². The van der Waals surface area contributed by atoms with Crippen LogP contribution in [0.5, 0.6) is 0 Å². The fourth-order valence-corrected chi connectivity index (χ4v) is 3.88. The van der Waals surface area contributed by atoms with Gasteiger partial charge in [0.15, 0.2) is 0 Å². The molecule has 0 atom stereocenters. The maximum Gasteiger partial charge on any atom is 0.225 e. The fraction of sp³-hybridized carbons (Fsp3) is 0.526. The van der Waals surface area contributed by atoms with E-state index < -0.39 is 0 Å². The van der Waals surface area contributed by atoms with Crippen LogP contribution < -0.4 is 0 Å². The molecule has 5 nitrogen and oxygen atoms in total. The maximum atomic E-state index is 12.4. The summed E-state index contributed by atoms with van der Waals surface area (Å²) in [6, 6.07) is 4.43. The first-order valence-electron chi connectivity index (χ1n) is 8.97. The zero-order valence-electron chi connectivity index (χ0n) is 14.2. The number of imidazole rings is 1. The number of pyridine rings is 1. The molecule has 24 heavy (non-hydrogen) atoms. The molecule has 1 saturated carbocycles. The summed E-state index contributed by atoms with van der Waals surface area (Å²) >= 11 is 0. The van der Waals surface area contributed by atoms with Crippen molar-refractivity contribution in [1.29, 1.82) is 0 Å². The molecule has 0 radical (unpaired) electrons. The van der Waals surface area contributed by atoms with Gasteiger partial charge in [0.1, 0.15) is 5.82 Å². The van der Waals surface area contributed by atoms with E-state index in [1.165, 1.54) is 12.1 Å². The number of nitrogens with zero attached hydrogens (tertiary/aromatic N) is 4. The molecule has 1 aliphatic carbocycles. The Kier molecular flexibility index (Phi) is 4.08. The molecule has 2 aromatic heterocycles. The second-order valence-electron chi connectivity index (χ2n) is 7.01. The summed E-state index contributed by atoms with van der Waals surface area (Å²) in [6.07, 6.45) is 11.0. The molecule has 0 N–H and O–H groups in total. The van der Waals surface area contributed by atoms with Crippen molar-refractivity contribution in [3.8, 4) is 11.4 Å². The first kappa shape index (κ1) is 15.4. The average molecular weight is 324 g/mol. The fourth-order valence-electron chi connectivity index (χ4n) is 3.88. The van der Waals surface area contributed by atoms with E-state index in [2.05, 4.69) is 26.4 Å². The third kappa shape index (κ3) is 2.72. The second kappa shape index (κ2) is 6.38. The molecule has 0 aromatic carbocycles. The number of aryl methyl sites for hydroxylation is 1. The standard InChI is InChI=1S/C19H24N4O/c1-14-13-21-18(15-5-9-20-10-6-15)23(14)17-7-11-22(12-8-17)19(24)16-3-2-4-16/h5-6,9-10,13,16-17H,2-4,7-8,11-12H2,1H3. The van der Waals surface area contributed by atoms with Crippen LogP contribution in [0.4, 0.5) is 0 Å². The van der Waals surface area contributed by atoms with Gasteiger partial charge in [-0.1, -0.05) is 6.42 Å². The molecule has 0 spiro atoms. The Hall–Kier alpha value is -2.17. The van der Waals surface area contributed by atoms with Crippen LogP contribution in [0.15, 0.2) is 30.7 Å². The van der Waals surface area contributed by atoms with Gasteiger partial charge in [-0.05, 0) is 44.7 Å². The van der Waals surface area contributed by atoms with Crippen molar-refractivity contribution >= 4 is 5.91 Å². The molecular weight excluding hydrogens is 300 g/mol. The lowest BCUT2D eigenvalue weighted by molar-refractivity contribution is -0.139. The summed E-state index contributed by atoms with van der Waals surface area (Å²) in [5.41, 5.74) is 2.29. The van der Waals surface area contributed by atoms with Gasteiger partial charge < -0.3 is 9.47 Å². The van der Waals surface area contributed by atoms with E-state index in [1.807, 2.05) is 30.7 Å². The smallest absolute Gasteiger partial charge is 0.225 e. The number of rotatable bonds is 3. The zero-order chi connectivity index (χ0) is 16.5. The first-order valence-corrected chi connectivity index (χ1v) is 8.97.